The predicted octanol–water partition coefficient (Wildman–Crippen LogP) is 4.10. The minimum Gasteiger partial charge on any atom is -0.484 e. The quantitative estimate of drug-likeness (QED) is 0.266. The van der Waals surface area contributed by atoms with E-state index in [9.17, 15) is 14.4 Å². The Bertz CT molecular complexity index is 1190. The van der Waals surface area contributed by atoms with Gasteiger partial charge in [0.15, 0.2) is 6.61 Å². The van der Waals surface area contributed by atoms with Gasteiger partial charge in [0.2, 0.25) is 0 Å². The maximum Gasteiger partial charge on any atom is 0.329 e. The lowest BCUT2D eigenvalue weighted by molar-refractivity contribution is -0.136. The van der Waals surface area contributed by atoms with Gasteiger partial charge in [0.1, 0.15) is 5.75 Å². The highest BCUT2D eigenvalue weighted by molar-refractivity contribution is 6.45. The number of nitrogens with zero attached hydrogens (tertiary/aromatic N) is 1. The van der Waals surface area contributed by atoms with Gasteiger partial charge in [-0.2, -0.15) is 5.10 Å². The summed E-state index contributed by atoms with van der Waals surface area (Å²) in [5.74, 6) is -1.83. The number of para-hydroxylation sites is 1. The molecule has 3 aromatic carbocycles. The molecule has 3 aromatic rings. The van der Waals surface area contributed by atoms with Gasteiger partial charge in [0.25, 0.3) is 5.91 Å². The standard InChI is InChI=1S/C23H18Cl2N4O4/c24-18-10-5-11-19(21(18)25)28-22(31)23(32)29-26-13-15-6-4-9-17(12-15)33-14-20(30)27-16-7-2-1-3-8-16/h1-13H,14H2,(H,27,30)(H,28,31)(H,29,32)/b26-13-. The summed E-state index contributed by atoms with van der Waals surface area (Å²) >= 11 is 11.9. The van der Waals surface area contributed by atoms with Crippen LogP contribution in [0.25, 0.3) is 0 Å². The lowest BCUT2D eigenvalue weighted by Gasteiger charge is -2.08. The molecule has 33 heavy (non-hydrogen) atoms. The van der Waals surface area contributed by atoms with Crippen LogP contribution in [-0.2, 0) is 14.4 Å². The zero-order chi connectivity index (χ0) is 23.6. The van der Waals surface area contributed by atoms with E-state index in [1.165, 1.54) is 12.3 Å². The number of rotatable bonds is 7. The first kappa shape index (κ1) is 23.8. The van der Waals surface area contributed by atoms with Crippen LogP contribution >= 0.6 is 23.2 Å². The van der Waals surface area contributed by atoms with Crippen molar-refractivity contribution in [2.24, 2.45) is 5.10 Å². The Morgan fingerprint density at radius 1 is 0.879 bits per heavy atom. The number of amides is 3. The fourth-order valence-electron chi connectivity index (χ4n) is 2.55. The number of carbonyl (C=O) groups excluding carboxylic acids is 3. The normalized spacial score (nSPS) is 10.5. The summed E-state index contributed by atoms with van der Waals surface area (Å²) in [6, 6.07) is 20.4. The van der Waals surface area contributed by atoms with Crippen LogP contribution in [0.4, 0.5) is 11.4 Å². The molecule has 0 aliphatic carbocycles. The van der Waals surface area contributed by atoms with Gasteiger partial charge in [-0.25, -0.2) is 5.43 Å². The first-order valence-corrected chi connectivity index (χ1v) is 10.3. The third-order valence-electron chi connectivity index (χ3n) is 4.07. The van der Waals surface area contributed by atoms with Crippen molar-refractivity contribution < 1.29 is 19.1 Å². The summed E-state index contributed by atoms with van der Waals surface area (Å²) < 4.78 is 5.49. The predicted molar refractivity (Wildman–Crippen MR) is 128 cm³/mol. The number of nitrogens with one attached hydrogen (secondary N) is 3. The molecule has 0 atom stereocenters. The van der Waals surface area contributed by atoms with E-state index in [4.69, 9.17) is 27.9 Å². The van der Waals surface area contributed by atoms with Gasteiger partial charge < -0.3 is 15.4 Å². The van der Waals surface area contributed by atoms with Crippen LogP contribution in [0.5, 0.6) is 5.75 Å². The maximum atomic E-state index is 12.0. The zero-order valence-corrected chi connectivity index (χ0v) is 18.6. The summed E-state index contributed by atoms with van der Waals surface area (Å²) in [7, 11) is 0. The van der Waals surface area contributed by atoms with Crippen molar-refractivity contribution in [3.8, 4) is 5.75 Å². The Kier molecular flexibility index (Phi) is 8.40. The van der Waals surface area contributed by atoms with E-state index < -0.39 is 11.8 Å². The average Bonchev–Trinajstić information content (AvgIpc) is 2.81. The van der Waals surface area contributed by atoms with Crippen LogP contribution in [0.15, 0.2) is 77.9 Å². The van der Waals surface area contributed by atoms with Crippen molar-refractivity contribution in [3.63, 3.8) is 0 Å². The third-order valence-corrected chi connectivity index (χ3v) is 4.89. The molecule has 0 aliphatic rings. The summed E-state index contributed by atoms with van der Waals surface area (Å²) in [6.07, 6.45) is 1.33. The van der Waals surface area contributed by atoms with Crippen molar-refractivity contribution in [3.05, 3.63) is 88.4 Å². The highest BCUT2D eigenvalue weighted by Crippen LogP contribution is 2.29. The molecule has 0 aromatic heterocycles. The first-order chi connectivity index (χ1) is 15.9. The number of hydrogen-bond donors (Lipinski definition) is 3. The summed E-state index contributed by atoms with van der Waals surface area (Å²) in [5.41, 5.74) is 3.57. The van der Waals surface area contributed by atoms with Crippen molar-refractivity contribution in [1.82, 2.24) is 5.43 Å². The van der Waals surface area contributed by atoms with Crippen LogP contribution in [0, 0.1) is 0 Å². The zero-order valence-electron chi connectivity index (χ0n) is 17.0. The molecule has 0 radical (unpaired) electrons. The third kappa shape index (κ3) is 7.34. The largest absolute Gasteiger partial charge is 0.484 e. The number of ether oxygens (including phenoxy) is 1. The second-order valence-corrected chi connectivity index (χ2v) is 7.32. The molecule has 3 N–H and O–H groups in total. The Balaban J connectivity index is 1.49. The van der Waals surface area contributed by atoms with E-state index in [2.05, 4.69) is 21.2 Å². The van der Waals surface area contributed by atoms with Crippen LogP contribution in [0.2, 0.25) is 10.0 Å². The molecule has 0 unspecified atom stereocenters. The molecule has 0 saturated carbocycles. The molecule has 8 nitrogen and oxygen atoms in total. The molecular weight excluding hydrogens is 467 g/mol. The van der Waals surface area contributed by atoms with Gasteiger partial charge in [0.05, 0.1) is 21.9 Å². The highest BCUT2D eigenvalue weighted by atomic mass is 35.5. The van der Waals surface area contributed by atoms with Crippen molar-refractivity contribution in [2.75, 3.05) is 17.2 Å². The van der Waals surface area contributed by atoms with Gasteiger partial charge in [-0.1, -0.05) is 59.6 Å². The molecule has 10 heteroatoms. The fourth-order valence-corrected chi connectivity index (χ4v) is 2.90. The summed E-state index contributed by atoms with van der Waals surface area (Å²) in [5, 5.41) is 9.19. The Morgan fingerprint density at radius 2 is 1.64 bits per heavy atom. The highest BCUT2D eigenvalue weighted by Gasteiger charge is 2.15. The number of halogens is 2. The van der Waals surface area contributed by atoms with E-state index in [0.717, 1.165) is 0 Å². The number of carbonyl (C=O) groups is 3. The molecule has 0 aliphatic heterocycles. The molecule has 0 fully saturated rings. The van der Waals surface area contributed by atoms with Crippen molar-refractivity contribution in [1.29, 1.82) is 0 Å². The fraction of sp³-hybridized carbons (Fsp3) is 0.0435. The number of anilines is 2. The molecule has 0 spiro atoms. The van der Waals surface area contributed by atoms with E-state index in [1.807, 2.05) is 18.2 Å². The van der Waals surface area contributed by atoms with Gasteiger partial charge >= 0.3 is 11.8 Å². The molecule has 0 saturated heterocycles. The van der Waals surface area contributed by atoms with Crippen LogP contribution in [0.1, 0.15) is 5.56 Å². The number of benzene rings is 3. The first-order valence-electron chi connectivity index (χ1n) is 9.58. The number of hydrazone groups is 1. The minimum atomic E-state index is -0.993. The van der Waals surface area contributed by atoms with E-state index in [1.54, 1.807) is 48.5 Å². The Labute approximate surface area is 199 Å². The Hall–Kier alpha value is -3.88. The molecule has 0 heterocycles. The lowest BCUT2D eigenvalue weighted by atomic mass is 10.2. The van der Waals surface area contributed by atoms with E-state index in [-0.39, 0.29) is 28.2 Å². The van der Waals surface area contributed by atoms with Gasteiger partial charge in [-0.15, -0.1) is 0 Å². The molecule has 3 rings (SSSR count). The summed E-state index contributed by atoms with van der Waals surface area (Å²) in [6.45, 7) is -0.182. The lowest BCUT2D eigenvalue weighted by Crippen LogP contribution is -2.32. The number of hydrogen-bond acceptors (Lipinski definition) is 5. The molecule has 168 valence electrons. The maximum absolute atomic E-state index is 12.0. The molecular formula is C23H18Cl2N4O4. The smallest absolute Gasteiger partial charge is 0.329 e. The molecule has 3 amide bonds. The minimum absolute atomic E-state index is 0.123. The van der Waals surface area contributed by atoms with Crippen molar-refractivity contribution >= 4 is 58.5 Å². The Morgan fingerprint density at radius 3 is 2.42 bits per heavy atom. The van der Waals surface area contributed by atoms with Crippen LogP contribution in [0.3, 0.4) is 0 Å². The second-order valence-electron chi connectivity index (χ2n) is 6.53. The second kappa shape index (κ2) is 11.7. The average molecular weight is 485 g/mol. The molecule has 0 bridgehead atoms. The van der Waals surface area contributed by atoms with Gasteiger partial charge in [-0.3, -0.25) is 14.4 Å². The monoisotopic (exact) mass is 484 g/mol. The van der Waals surface area contributed by atoms with Crippen molar-refractivity contribution in [2.45, 2.75) is 0 Å². The van der Waals surface area contributed by atoms with E-state index >= 15 is 0 Å². The SMILES string of the molecule is O=C(COc1cccc(/C=N\NC(=O)C(=O)Nc2cccc(Cl)c2Cl)c1)Nc1ccccc1. The van der Waals surface area contributed by atoms with Gasteiger partial charge in [0, 0.05) is 5.69 Å². The van der Waals surface area contributed by atoms with Crippen LogP contribution < -0.4 is 20.8 Å². The topological polar surface area (TPSA) is 109 Å². The van der Waals surface area contributed by atoms with E-state index in [0.29, 0.717) is 17.0 Å². The van der Waals surface area contributed by atoms with Crippen LogP contribution in [-0.4, -0.2) is 30.5 Å². The summed E-state index contributed by atoms with van der Waals surface area (Å²) in [4.78, 5) is 35.9. The van der Waals surface area contributed by atoms with Gasteiger partial charge in [-0.05, 0) is 42.0 Å².